The van der Waals surface area contributed by atoms with Gasteiger partial charge in [-0.2, -0.15) is 11.8 Å². The van der Waals surface area contributed by atoms with E-state index in [1.165, 1.54) is 6.08 Å². The maximum atomic E-state index is 12.4. The zero-order valence-corrected chi connectivity index (χ0v) is 16.0. The van der Waals surface area contributed by atoms with Crippen molar-refractivity contribution in [2.45, 2.75) is 12.5 Å². The third-order valence-electron chi connectivity index (χ3n) is 3.96. The van der Waals surface area contributed by atoms with E-state index in [1.54, 1.807) is 30.0 Å². The summed E-state index contributed by atoms with van der Waals surface area (Å²) < 4.78 is 0. The number of H-pyrrole nitrogens is 1. The van der Waals surface area contributed by atoms with Crippen LogP contribution in [0.25, 0.3) is 17.1 Å². The van der Waals surface area contributed by atoms with E-state index in [1.807, 2.05) is 36.4 Å². The number of amides is 1. The van der Waals surface area contributed by atoms with Crippen molar-refractivity contribution in [3.8, 4) is 0 Å². The number of nitrogens with one attached hydrogen (secondary N) is 2. The molecule has 0 radical (unpaired) electrons. The normalized spacial score (nSPS) is 12.5. The van der Waals surface area contributed by atoms with Gasteiger partial charge in [-0.05, 0) is 54.3 Å². The minimum Gasteiger partial charge on any atom is -0.343 e. The van der Waals surface area contributed by atoms with Crippen molar-refractivity contribution in [3.05, 3.63) is 71.0 Å². The van der Waals surface area contributed by atoms with Gasteiger partial charge in [-0.3, -0.25) is 4.79 Å². The Morgan fingerprint density at radius 2 is 2.04 bits per heavy atom. The number of rotatable bonds is 7. The maximum absolute atomic E-state index is 12.4. The lowest BCUT2D eigenvalue weighted by Gasteiger charge is -2.15. The molecule has 0 saturated heterocycles. The molecule has 134 valence electrons. The second-order valence-electron chi connectivity index (χ2n) is 5.87. The first-order chi connectivity index (χ1) is 12.7. The molecule has 26 heavy (non-hydrogen) atoms. The highest BCUT2D eigenvalue weighted by Gasteiger charge is 2.17. The SMILES string of the molecule is CSCC[C@H](NC(=O)/C=C/c1ccc(Cl)cc1)c1nc2ccccc2[nH]1. The summed E-state index contributed by atoms with van der Waals surface area (Å²) in [7, 11) is 0. The summed E-state index contributed by atoms with van der Waals surface area (Å²) in [6.45, 7) is 0. The minimum absolute atomic E-state index is 0.147. The van der Waals surface area contributed by atoms with Crippen LogP contribution in [0.4, 0.5) is 0 Å². The van der Waals surface area contributed by atoms with Gasteiger partial charge < -0.3 is 10.3 Å². The molecule has 0 aliphatic carbocycles. The Labute approximate surface area is 162 Å². The lowest BCUT2D eigenvalue weighted by atomic mass is 10.2. The first-order valence-electron chi connectivity index (χ1n) is 8.33. The number of hydrogen-bond acceptors (Lipinski definition) is 3. The van der Waals surface area contributed by atoms with E-state index in [9.17, 15) is 4.79 Å². The number of carbonyl (C=O) groups is 1. The van der Waals surface area contributed by atoms with Gasteiger partial charge in [-0.25, -0.2) is 4.98 Å². The number of imidazole rings is 1. The van der Waals surface area contributed by atoms with Crippen LogP contribution in [-0.2, 0) is 4.79 Å². The molecule has 0 unspecified atom stereocenters. The molecule has 1 heterocycles. The Morgan fingerprint density at radius 3 is 2.77 bits per heavy atom. The molecule has 0 saturated carbocycles. The Morgan fingerprint density at radius 1 is 1.27 bits per heavy atom. The molecule has 4 nitrogen and oxygen atoms in total. The standard InChI is InChI=1S/C20H20ClN3OS/c1-26-13-12-18(20-23-16-4-2-3-5-17(16)24-20)22-19(25)11-8-14-6-9-15(21)10-7-14/h2-11,18H,12-13H2,1H3,(H,22,25)(H,23,24)/b11-8+/t18-/m0/s1. The zero-order valence-electron chi connectivity index (χ0n) is 14.4. The monoisotopic (exact) mass is 385 g/mol. The van der Waals surface area contributed by atoms with Crippen LogP contribution in [0.2, 0.25) is 5.02 Å². The number of carbonyl (C=O) groups excluding carboxylic acids is 1. The smallest absolute Gasteiger partial charge is 0.244 e. The number of thioether (sulfide) groups is 1. The minimum atomic E-state index is -0.155. The second kappa shape index (κ2) is 8.92. The largest absolute Gasteiger partial charge is 0.343 e. The van der Waals surface area contributed by atoms with Crippen molar-refractivity contribution < 1.29 is 4.79 Å². The molecule has 3 rings (SSSR count). The molecule has 2 aromatic carbocycles. The molecular formula is C20H20ClN3OS. The highest BCUT2D eigenvalue weighted by Crippen LogP contribution is 2.20. The third kappa shape index (κ3) is 4.90. The van der Waals surface area contributed by atoms with Crippen molar-refractivity contribution in [3.63, 3.8) is 0 Å². The van der Waals surface area contributed by atoms with E-state index in [4.69, 9.17) is 11.6 Å². The number of aromatic nitrogens is 2. The third-order valence-corrected chi connectivity index (χ3v) is 4.86. The van der Waals surface area contributed by atoms with Crippen molar-refractivity contribution >= 4 is 46.4 Å². The summed E-state index contributed by atoms with van der Waals surface area (Å²) in [6.07, 6.45) is 6.17. The van der Waals surface area contributed by atoms with Crippen LogP contribution in [0.5, 0.6) is 0 Å². The predicted octanol–water partition coefficient (Wildman–Crippen LogP) is 4.84. The van der Waals surface area contributed by atoms with Crippen LogP contribution < -0.4 is 5.32 Å². The molecule has 3 aromatic rings. The van der Waals surface area contributed by atoms with E-state index < -0.39 is 0 Å². The van der Waals surface area contributed by atoms with E-state index in [0.29, 0.717) is 5.02 Å². The fourth-order valence-corrected chi connectivity index (χ4v) is 3.21. The molecule has 0 aliphatic rings. The zero-order chi connectivity index (χ0) is 18.4. The van der Waals surface area contributed by atoms with Crippen LogP contribution in [0, 0.1) is 0 Å². The molecule has 0 fully saturated rings. The van der Waals surface area contributed by atoms with Gasteiger partial charge in [0.05, 0.1) is 17.1 Å². The average molecular weight is 386 g/mol. The van der Waals surface area contributed by atoms with Gasteiger partial charge in [0.2, 0.25) is 5.91 Å². The van der Waals surface area contributed by atoms with E-state index in [2.05, 4.69) is 21.5 Å². The van der Waals surface area contributed by atoms with Crippen molar-refractivity contribution in [1.29, 1.82) is 0 Å². The molecule has 1 atom stereocenters. The Bertz CT molecular complexity index is 872. The molecule has 2 N–H and O–H groups in total. The Balaban J connectivity index is 1.72. The fourth-order valence-electron chi connectivity index (χ4n) is 2.62. The number of para-hydroxylation sites is 2. The molecule has 0 spiro atoms. The number of halogens is 1. The van der Waals surface area contributed by atoms with Gasteiger partial charge in [0.1, 0.15) is 5.82 Å². The van der Waals surface area contributed by atoms with Gasteiger partial charge in [-0.1, -0.05) is 35.9 Å². The van der Waals surface area contributed by atoms with Gasteiger partial charge in [0.15, 0.2) is 0 Å². The molecule has 0 aliphatic heterocycles. The van der Waals surface area contributed by atoms with Crippen LogP contribution >= 0.6 is 23.4 Å². The quantitative estimate of drug-likeness (QED) is 0.572. The van der Waals surface area contributed by atoms with Gasteiger partial charge >= 0.3 is 0 Å². The summed E-state index contributed by atoms with van der Waals surface area (Å²) in [6, 6.07) is 15.1. The topological polar surface area (TPSA) is 57.8 Å². The second-order valence-corrected chi connectivity index (χ2v) is 7.29. The highest BCUT2D eigenvalue weighted by atomic mass is 35.5. The average Bonchev–Trinajstić information content (AvgIpc) is 3.08. The molecule has 1 amide bonds. The Hall–Kier alpha value is -2.24. The number of nitrogens with zero attached hydrogens (tertiary/aromatic N) is 1. The summed E-state index contributed by atoms with van der Waals surface area (Å²) in [5.41, 5.74) is 2.80. The van der Waals surface area contributed by atoms with Crippen LogP contribution in [0.15, 0.2) is 54.6 Å². The Kier molecular flexibility index (Phi) is 6.36. The molecule has 6 heteroatoms. The molecular weight excluding hydrogens is 366 g/mol. The van der Waals surface area contributed by atoms with Gasteiger partial charge in [0.25, 0.3) is 0 Å². The fraction of sp³-hybridized carbons (Fsp3) is 0.200. The van der Waals surface area contributed by atoms with Crippen molar-refractivity contribution in [2.24, 2.45) is 0 Å². The van der Waals surface area contributed by atoms with Gasteiger partial charge in [0, 0.05) is 11.1 Å². The molecule has 1 aromatic heterocycles. The molecule has 0 bridgehead atoms. The number of fused-ring (bicyclic) bond motifs is 1. The number of benzene rings is 2. The summed E-state index contributed by atoms with van der Waals surface area (Å²) >= 11 is 7.62. The predicted molar refractivity (Wildman–Crippen MR) is 110 cm³/mol. The van der Waals surface area contributed by atoms with Crippen LogP contribution in [0.1, 0.15) is 23.9 Å². The number of hydrogen-bond donors (Lipinski definition) is 2. The lowest BCUT2D eigenvalue weighted by Crippen LogP contribution is -2.28. The highest BCUT2D eigenvalue weighted by molar-refractivity contribution is 7.98. The van der Waals surface area contributed by atoms with Gasteiger partial charge in [-0.15, -0.1) is 0 Å². The van der Waals surface area contributed by atoms with Crippen molar-refractivity contribution in [2.75, 3.05) is 12.0 Å². The van der Waals surface area contributed by atoms with E-state index >= 15 is 0 Å². The lowest BCUT2D eigenvalue weighted by molar-refractivity contribution is -0.117. The maximum Gasteiger partial charge on any atom is 0.244 e. The first-order valence-corrected chi connectivity index (χ1v) is 10.1. The summed E-state index contributed by atoms with van der Waals surface area (Å²) in [5, 5.41) is 3.73. The van der Waals surface area contributed by atoms with Crippen LogP contribution in [-0.4, -0.2) is 27.9 Å². The first kappa shape index (κ1) is 18.5. The van der Waals surface area contributed by atoms with E-state index in [0.717, 1.165) is 34.6 Å². The van der Waals surface area contributed by atoms with E-state index in [-0.39, 0.29) is 11.9 Å². The summed E-state index contributed by atoms with van der Waals surface area (Å²) in [5.74, 6) is 1.57. The number of aromatic amines is 1. The van der Waals surface area contributed by atoms with Crippen molar-refractivity contribution in [1.82, 2.24) is 15.3 Å². The summed E-state index contributed by atoms with van der Waals surface area (Å²) in [4.78, 5) is 20.3. The van der Waals surface area contributed by atoms with Crippen LogP contribution in [0.3, 0.4) is 0 Å².